The molecule has 5 rings (SSSR count). The Morgan fingerprint density at radius 1 is 0.756 bits per heavy atom. The lowest BCUT2D eigenvalue weighted by molar-refractivity contribution is -0.137. The Morgan fingerprint density at radius 3 is 1.98 bits per heavy atom. The molecule has 4 aromatic rings. The molecule has 1 aliphatic rings. The van der Waals surface area contributed by atoms with Gasteiger partial charge in [-0.15, -0.1) is 0 Å². The molecule has 41 heavy (non-hydrogen) atoms. The van der Waals surface area contributed by atoms with Gasteiger partial charge in [0.2, 0.25) is 0 Å². The van der Waals surface area contributed by atoms with Gasteiger partial charge < -0.3 is 15.4 Å². The number of rotatable bonds is 8. The van der Waals surface area contributed by atoms with Crippen LogP contribution < -0.4 is 15.4 Å². The number of nitrogens with one attached hydrogen (secondary N) is 2. The van der Waals surface area contributed by atoms with Crippen LogP contribution >= 0.6 is 0 Å². The van der Waals surface area contributed by atoms with Crippen LogP contribution in [0.1, 0.15) is 47.9 Å². The fraction of sp³-hybridized carbons (Fsp3) is 0.242. The van der Waals surface area contributed by atoms with Gasteiger partial charge in [0, 0.05) is 12.5 Å². The number of halogens is 4. The third kappa shape index (κ3) is 6.88. The zero-order valence-corrected chi connectivity index (χ0v) is 22.3. The molecule has 0 saturated heterocycles. The summed E-state index contributed by atoms with van der Waals surface area (Å²) >= 11 is 0. The molecule has 1 fully saturated rings. The van der Waals surface area contributed by atoms with Crippen LogP contribution in [0.3, 0.4) is 0 Å². The van der Waals surface area contributed by atoms with E-state index in [0.717, 1.165) is 43.4 Å². The molecule has 0 spiro atoms. The largest absolute Gasteiger partial charge is 0.457 e. The minimum atomic E-state index is -4.78. The van der Waals surface area contributed by atoms with Crippen LogP contribution in [0.4, 0.5) is 22.4 Å². The number of carbonyl (C=O) groups excluding carboxylic acids is 1. The zero-order chi connectivity index (χ0) is 28.9. The average molecular weight is 563 g/mol. The van der Waals surface area contributed by atoms with Crippen LogP contribution in [0.15, 0.2) is 103 Å². The van der Waals surface area contributed by atoms with Crippen molar-refractivity contribution < 1.29 is 27.1 Å². The Morgan fingerprint density at radius 2 is 1.34 bits per heavy atom. The number of benzene rings is 4. The summed E-state index contributed by atoms with van der Waals surface area (Å²) in [5.74, 6) is 0.0679. The molecule has 2 amide bonds. The van der Waals surface area contributed by atoms with Crippen LogP contribution in [0, 0.1) is 5.82 Å². The number of hydrogen-bond acceptors (Lipinski definition) is 2. The second kappa shape index (κ2) is 12.0. The standard InChI is InChI=1S/C33H30F4N2O2/c34-27-20-25(19-26(21-27)33(35,36)37)32(22-23-9-3-1-4-10-23,39-31(40)38-28-11-7-8-12-28)24-15-17-30(18-16-24)41-29-13-5-2-6-14-29/h1-6,9-10,13-21,28H,7-8,11-12,22H2,(H2,38,39,40). The number of hydrogen-bond donors (Lipinski definition) is 2. The third-order valence-electron chi connectivity index (χ3n) is 7.37. The molecule has 0 aliphatic heterocycles. The topological polar surface area (TPSA) is 50.4 Å². The van der Waals surface area contributed by atoms with E-state index in [9.17, 15) is 22.4 Å². The highest BCUT2D eigenvalue weighted by molar-refractivity contribution is 5.76. The van der Waals surface area contributed by atoms with Crippen molar-refractivity contribution in [1.82, 2.24) is 10.6 Å². The molecular weight excluding hydrogens is 532 g/mol. The summed E-state index contributed by atoms with van der Waals surface area (Å²) in [6.07, 6.45) is -1.09. The number of para-hydroxylation sites is 1. The summed E-state index contributed by atoms with van der Waals surface area (Å²) in [4.78, 5) is 13.5. The smallest absolute Gasteiger partial charge is 0.416 e. The van der Waals surface area contributed by atoms with Gasteiger partial charge in [0.1, 0.15) is 17.3 Å². The molecule has 1 unspecified atom stereocenters. The summed E-state index contributed by atoms with van der Waals surface area (Å²) in [7, 11) is 0. The van der Waals surface area contributed by atoms with Crippen LogP contribution in [-0.2, 0) is 18.1 Å². The molecule has 0 radical (unpaired) electrons. The van der Waals surface area contributed by atoms with Crippen molar-refractivity contribution in [2.24, 2.45) is 0 Å². The van der Waals surface area contributed by atoms with Crippen molar-refractivity contribution in [3.8, 4) is 11.5 Å². The minimum Gasteiger partial charge on any atom is -0.457 e. The number of ether oxygens (including phenoxy) is 1. The fourth-order valence-corrected chi connectivity index (χ4v) is 5.38. The Balaban J connectivity index is 1.63. The predicted molar refractivity (Wildman–Crippen MR) is 149 cm³/mol. The van der Waals surface area contributed by atoms with E-state index in [1.54, 1.807) is 36.4 Å². The second-order valence-electron chi connectivity index (χ2n) is 10.3. The molecule has 1 atom stereocenters. The van der Waals surface area contributed by atoms with Crippen molar-refractivity contribution in [2.45, 2.75) is 49.9 Å². The molecule has 1 saturated carbocycles. The maximum Gasteiger partial charge on any atom is 0.416 e. The minimum absolute atomic E-state index is 0.0213. The Labute approximate surface area is 236 Å². The van der Waals surface area contributed by atoms with E-state index in [1.807, 2.05) is 48.5 Å². The molecular formula is C33H30F4N2O2. The summed E-state index contributed by atoms with van der Waals surface area (Å²) in [6.45, 7) is 0. The second-order valence-corrected chi connectivity index (χ2v) is 10.3. The van der Waals surface area contributed by atoms with E-state index >= 15 is 0 Å². The summed E-state index contributed by atoms with van der Waals surface area (Å²) in [6, 6.07) is 26.8. The van der Waals surface area contributed by atoms with Crippen molar-refractivity contribution in [3.05, 3.63) is 131 Å². The molecule has 1 aliphatic carbocycles. The quantitative estimate of drug-likeness (QED) is 0.212. The summed E-state index contributed by atoms with van der Waals surface area (Å²) in [5, 5.41) is 5.96. The van der Waals surface area contributed by atoms with E-state index < -0.39 is 29.1 Å². The normalized spacial score (nSPS) is 15.2. The molecule has 0 aromatic heterocycles. The average Bonchev–Trinajstić information content (AvgIpc) is 3.46. The van der Waals surface area contributed by atoms with Gasteiger partial charge in [-0.25, -0.2) is 9.18 Å². The summed E-state index contributed by atoms with van der Waals surface area (Å²) < 4.78 is 62.4. The fourth-order valence-electron chi connectivity index (χ4n) is 5.38. The third-order valence-corrected chi connectivity index (χ3v) is 7.37. The van der Waals surface area contributed by atoms with Crippen LogP contribution in [0.5, 0.6) is 11.5 Å². The summed E-state index contributed by atoms with van der Waals surface area (Å²) in [5.41, 5.74) is -1.48. The zero-order valence-electron chi connectivity index (χ0n) is 22.3. The first-order valence-electron chi connectivity index (χ1n) is 13.6. The Bertz CT molecular complexity index is 1450. The van der Waals surface area contributed by atoms with Gasteiger partial charge in [-0.1, -0.05) is 73.5 Å². The maximum atomic E-state index is 14.9. The van der Waals surface area contributed by atoms with E-state index in [4.69, 9.17) is 4.74 Å². The van der Waals surface area contributed by atoms with Gasteiger partial charge in [0.05, 0.1) is 11.1 Å². The van der Waals surface area contributed by atoms with Gasteiger partial charge >= 0.3 is 12.2 Å². The number of carbonyl (C=O) groups is 1. The molecule has 2 N–H and O–H groups in total. The van der Waals surface area contributed by atoms with Gasteiger partial charge in [0.25, 0.3) is 0 Å². The van der Waals surface area contributed by atoms with Crippen molar-refractivity contribution >= 4 is 6.03 Å². The lowest BCUT2D eigenvalue weighted by Crippen LogP contribution is -2.53. The number of urea groups is 1. The number of alkyl halides is 3. The van der Waals surface area contributed by atoms with E-state index in [1.165, 1.54) is 0 Å². The monoisotopic (exact) mass is 562 g/mol. The van der Waals surface area contributed by atoms with Gasteiger partial charge in [-0.2, -0.15) is 13.2 Å². The lowest BCUT2D eigenvalue weighted by atomic mass is 9.77. The molecule has 0 bridgehead atoms. The molecule has 8 heteroatoms. The van der Waals surface area contributed by atoms with Gasteiger partial charge in [0.15, 0.2) is 0 Å². The molecule has 212 valence electrons. The predicted octanol–water partition coefficient (Wildman–Crippen LogP) is 8.36. The first-order valence-corrected chi connectivity index (χ1v) is 13.6. The van der Waals surface area contributed by atoms with E-state index in [-0.39, 0.29) is 18.0 Å². The van der Waals surface area contributed by atoms with Crippen LogP contribution in [0.2, 0.25) is 0 Å². The van der Waals surface area contributed by atoms with Gasteiger partial charge in [-0.05, 0) is 72.0 Å². The SMILES string of the molecule is O=C(NC1CCCC1)NC(Cc1ccccc1)(c1ccc(Oc2ccccc2)cc1)c1cc(F)cc(C(F)(F)F)c1. The Kier molecular flexibility index (Phi) is 8.28. The molecule has 4 nitrogen and oxygen atoms in total. The first kappa shape index (κ1) is 28.2. The Hall–Kier alpha value is -4.33. The van der Waals surface area contributed by atoms with Crippen LogP contribution in [0.25, 0.3) is 0 Å². The van der Waals surface area contributed by atoms with Crippen LogP contribution in [-0.4, -0.2) is 12.1 Å². The molecule has 4 aromatic carbocycles. The highest BCUT2D eigenvalue weighted by Gasteiger charge is 2.40. The van der Waals surface area contributed by atoms with Crippen molar-refractivity contribution in [2.75, 3.05) is 0 Å². The van der Waals surface area contributed by atoms with Crippen molar-refractivity contribution in [3.63, 3.8) is 0 Å². The molecule has 0 heterocycles. The number of amides is 2. The highest BCUT2D eigenvalue weighted by atomic mass is 19.4. The maximum absolute atomic E-state index is 14.9. The van der Waals surface area contributed by atoms with E-state index in [2.05, 4.69) is 10.6 Å². The first-order chi connectivity index (χ1) is 19.7. The highest BCUT2D eigenvalue weighted by Crippen LogP contribution is 2.39. The van der Waals surface area contributed by atoms with Crippen molar-refractivity contribution in [1.29, 1.82) is 0 Å². The lowest BCUT2D eigenvalue weighted by Gasteiger charge is -2.37. The van der Waals surface area contributed by atoms with Gasteiger partial charge in [-0.3, -0.25) is 0 Å². The van der Waals surface area contributed by atoms with E-state index in [0.29, 0.717) is 23.1 Å².